The molecule has 9 aliphatic rings. The van der Waals surface area contributed by atoms with Crippen LogP contribution in [0.3, 0.4) is 0 Å². The van der Waals surface area contributed by atoms with Gasteiger partial charge in [-0.05, 0) is 92.8 Å². The van der Waals surface area contributed by atoms with Crippen LogP contribution < -0.4 is 42.5 Å². The summed E-state index contributed by atoms with van der Waals surface area (Å²) in [5.74, 6) is 3.36. The first-order valence-corrected chi connectivity index (χ1v) is 18.4. The third-order valence-electron chi connectivity index (χ3n) is 14.2. The fraction of sp³-hybridized carbons (Fsp3) is 0.970. The van der Waals surface area contributed by atoms with Crippen molar-refractivity contribution in [2.75, 3.05) is 0 Å². The van der Waals surface area contributed by atoms with E-state index >= 15 is 0 Å². The summed E-state index contributed by atoms with van der Waals surface area (Å²) in [6, 6.07) is 0. The SMILES string of the molecule is O=C(O)C1CCCC2C3NC4NC(NC5NC(NC6NC(NC(N3)C12)C1CCCCC61)C1CCCCC51)C1CCCCC41.[Ag]. The molecule has 251 valence electrons. The molecule has 0 aromatic carbocycles. The maximum absolute atomic E-state index is 12.6. The first kappa shape index (κ1) is 31.2. The number of carbonyl (C=O) groups is 1. The summed E-state index contributed by atoms with van der Waals surface area (Å²) in [7, 11) is 0. The molecule has 9 N–H and O–H groups in total. The summed E-state index contributed by atoms with van der Waals surface area (Å²) >= 11 is 0. The van der Waals surface area contributed by atoms with Gasteiger partial charge in [0.05, 0.1) is 55.2 Å². The van der Waals surface area contributed by atoms with Crippen molar-refractivity contribution >= 4 is 5.97 Å². The number of carboxylic acids is 1. The first-order chi connectivity index (χ1) is 21.1. The summed E-state index contributed by atoms with van der Waals surface area (Å²) in [6.45, 7) is 0. The Bertz CT molecular complexity index is 1050. The average molecular weight is 705 g/mol. The van der Waals surface area contributed by atoms with Crippen molar-refractivity contribution in [3.8, 4) is 0 Å². The number of aliphatic carboxylic acids is 1. The standard InChI is InChI=1S/C33H56N8O2.Ag/c42-33(43)23-15-7-14-22-24(23)32-40-30-21-13-6-5-12-20(21)28(38-30)36-26-17-9-2-1-8-16(17)25(34-26)35-27-18-10-3-4-11-19(18)29(37-27)39-31(22)41-32;/h16-32,34-41H,1-15H2,(H,42,43);. The van der Waals surface area contributed by atoms with Crippen LogP contribution in [0.25, 0.3) is 0 Å². The first-order valence-electron chi connectivity index (χ1n) is 18.4. The van der Waals surface area contributed by atoms with E-state index in [2.05, 4.69) is 42.5 Å². The molecule has 44 heavy (non-hydrogen) atoms. The third kappa shape index (κ3) is 5.31. The smallest absolute Gasteiger partial charge is 0.306 e. The van der Waals surface area contributed by atoms with Crippen molar-refractivity contribution in [2.45, 2.75) is 146 Å². The number of carboxylic acid groups (broad SMARTS) is 1. The minimum absolute atomic E-state index is 0. The van der Waals surface area contributed by atoms with Crippen LogP contribution in [0, 0.1) is 53.3 Å². The predicted octanol–water partition coefficient (Wildman–Crippen LogP) is 1.91. The van der Waals surface area contributed by atoms with Crippen molar-refractivity contribution in [3.63, 3.8) is 0 Å². The number of fused-ring (bicyclic) bond motifs is 20. The average Bonchev–Trinajstić information content (AvgIpc) is 3.76. The maximum atomic E-state index is 12.6. The van der Waals surface area contributed by atoms with E-state index in [1.54, 1.807) is 0 Å². The molecule has 4 saturated carbocycles. The van der Waals surface area contributed by atoms with Crippen LogP contribution in [-0.4, -0.2) is 60.4 Å². The van der Waals surface area contributed by atoms with Gasteiger partial charge in [0, 0.05) is 28.3 Å². The quantitative estimate of drug-likeness (QED) is 0.187. The van der Waals surface area contributed by atoms with Gasteiger partial charge in [-0.2, -0.15) is 0 Å². The molecule has 10 nitrogen and oxygen atoms in total. The third-order valence-corrected chi connectivity index (χ3v) is 14.2. The molecule has 17 unspecified atom stereocenters. The molecule has 0 aromatic heterocycles. The minimum atomic E-state index is -0.607. The van der Waals surface area contributed by atoms with Gasteiger partial charge in [0.15, 0.2) is 0 Å². The Morgan fingerprint density at radius 2 is 0.659 bits per heavy atom. The molecule has 0 amide bonds. The van der Waals surface area contributed by atoms with Crippen LogP contribution in [0.5, 0.6) is 0 Å². The van der Waals surface area contributed by atoms with E-state index in [9.17, 15) is 9.90 Å². The molecule has 0 aromatic rings. The summed E-state index contributed by atoms with van der Waals surface area (Å²) in [4.78, 5) is 12.6. The molecule has 17 atom stereocenters. The molecule has 9 fully saturated rings. The van der Waals surface area contributed by atoms with Crippen molar-refractivity contribution in [3.05, 3.63) is 0 Å². The van der Waals surface area contributed by atoms with Gasteiger partial charge in [-0.25, -0.2) is 0 Å². The molecule has 5 aliphatic heterocycles. The summed E-state index contributed by atoms with van der Waals surface area (Å²) in [5, 5.41) is 43.3. The Morgan fingerprint density at radius 1 is 0.386 bits per heavy atom. The second-order valence-electron chi connectivity index (χ2n) is 16.1. The number of hydrogen-bond acceptors (Lipinski definition) is 9. The number of hydrogen-bond donors (Lipinski definition) is 9. The van der Waals surface area contributed by atoms with Crippen LogP contribution in [0.15, 0.2) is 0 Å². The molecule has 8 bridgehead atoms. The monoisotopic (exact) mass is 703 g/mol. The second-order valence-corrected chi connectivity index (χ2v) is 16.1. The molecule has 11 heteroatoms. The van der Waals surface area contributed by atoms with Gasteiger partial charge in [0.2, 0.25) is 0 Å². The molecule has 4 aliphatic carbocycles. The van der Waals surface area contributed by atoms with Gasteiger partial charge in [0.25, 0.3) is 0 Å². The van der Waals surface area contributed by atoms with Crippen LogP contribution in [0.1, 0.15) is 96.3 Å². The molecule has 5 heterocycles. The molecule has 9 rings (SSSR count). The van der Waals surface area contributed by atoms with E-state index in [0.29, 0.717) is 66.1 Å². The van der Waals surface area contributed by atoms with E-state index < -0.39 is 5.97 Å². The predicted molar refractivity (Wildman–Crippen MR) is 164 cm³/mol. The summed E-state index contributed by atoms with van der Waals surface area (Å²) < 4.78 is 0. The Morgan fingerprint density at radius 3 is 0.977 bits per heavy atom. The van der Waals surface area contributed by atoms with E-state index in [-0.39, 0.29) is 58.9 Å². The molecule has 1 radical (unpaired) electrons. The van der Waals surface area contributed by atoms with Gasteiger partial charge in [-0.1, -0.05) is 44.9 Å². The maximum Gasteiger partial charge on any atom is 0.306 e. The Hall–Kier alpha value is -0.110. The normalized spacial score (nSPS) is 54.8. The zero-order chi connectivity index (χ0) is 28.7. The fourth-order valence-electron chi connectivity index (χ4n) is 12.3. The van der Waals surface area contributed by atoms with Crippen LogP contribution in [0.4, 0.5) is 0 Å². The van der Waals surface area contributed by atoms with Gasteiger partial charge in [-0.3, -0.25) is 47.3 Å². The molecule has 5 saturated heterocycles. The van der Waals surface area contributed by atoms with Gasteiger partial charge < -0.3 is 5.11 Å². The Labute approximate surface area is 278 Å². The zero-order valence-electron chi connectivity index (χ0n) is 26.1. The zero-order valence-corrected chi connectivity index (χ0v) is 27.6. The summed E-state index contributed by atoms with van der Waals surface area (Å²) in [5.41, 5.74) is 0. The molecular weight excluding hydrogens is 648 g/mol. The number of rotatable bonds is 1. The Kier molecular flexibility index (Phi) is 9.02. The van der Waals surface area contributed by atoms with Crippen molar-refractivity contribution in [1.29, 1.82) is 0 Å². The molecule has 0 spiro atoms. The Balaban J connectivity index is 0.00000289. The van der Waals surface area contributed by atoms with E-state index in [1.165, 1.54) is 77.0 Å². The van der Waals surface area contributed by atoms with Crippen molar-refractivity contribution < 1.29 is 32.3 Å². The van der Waals surface area contributed by atoms with E-state index in [1.807, 2.05) is 0 Å². The van der Waals surface area contributed by atoms with Crippen molar-refractivity contribution in [2.24, 2.45) is 53.3 Å². The van der Waals surface area contributed by atoms with Crippen molar-refractivity contribution in [1.82, 2.24) is 42.5 Å². The largest absolute Gasteiger partial charge is 0.481 e. The van der Waals surface area contributed by atoms with Crippen LogP contribution >= 0.6 is 0 Å². The van der Waals surface area contributed by atoms with Gasteiger partial charge in [0.1, 0.15) is 0 Å². The van der Waals surface area contributed by atoms with E-state index in [4.69, 9.17) is 0 Å². The van der Waals surface area contributed by atoms with Gasteiger partial charge >= 0.3 is 5.97 Å². The number of nitrogens with one attached hydrogen (secondary N) is 8. The van der Waals surface area contributed by atoms with Gasteiger partial charge in [-0.15, -0.1) is 0 Å². The molecular formula is C33H56AgN8O2. The fourth-order valence-corrected chi connectivity index (χ4v) is 12.3. The van der Waals surface area contributed by atoms with E-state index in [0.717, 1.165) is 19.3 Å². The topological polar surface area (TPSA) is 134 Å². The van der Waals surface area contributed by atoms with Crippen LogP contribution in [-0.2, 0) is 27.2 Å². The van der Waals surface area contributed by atoms with Crippen LogP contribution in [0.2, 0.25) is 0 Å². The summed E-state index contributed by atoms with van der Waals surface area (Å²) in [6.07, 6.45) is 20.5. The minimum Gasteiger partial charge on any atom is -0.481 e. The second kappa shape index (κ2) is 12.7.